The molecule has 1 fully saturated rings. The van der Waals surface area contributed by atoms with E-state index in [0.717, 1.165) is 24.0 Å². The van der Waals surface area contributed by atoms with E-state index in [1.807, 2.05) is 54.6 Å². The number of aliphatic carboxylic acids is 1. The van der Waals surface area contributed by atoms with Gasteiger partial charge in [-0.25, -0.2) is 9.48 Å². The first-order valence-corrected chi connectivity index (χ1v) is 11.6. The molecule has 2 aromatic heterocycles. The lowest BCUT2D eigenvalue weighted by atomic mass is 9.87. The minimum Gasteiger partial charge on any atom is -0.490 e. The van der Waals surface area contributed by atoms with Gasteiger partial charge in [-0.3, -0.25) is 9.36 Å². The van der Waals surface area contributed by atoms with Gasteiger partial charge in [-0.2, -0.15) is 0 Å². The summed E-state index contributed by atoms with van der Waals surface area (Å²) in [6, 6.07) is 17.1. The Labute approximate surface area is 201 Å². The maximum absolute atomic E-state index is 12.5. The number of carboxylic acids is 1. The summed E-state index contributed by atoms with van der Waals surface area (Å²) in [5.41, 5.74) is 2.97. The first-order valence-electron chi connectivity index (χ1n) is 11.6. The third-order valence-electron chi connectivity index (χ3n) is 6.37. The summed E-state index contributed by atoms with van der Waals surface area (Å²) in [4.78, 5) is 23.8. The van der Waals surface area contributed by atoms with Crippen LogP contribution in [0.2, 0.25) is 0 Å². The molecule has 2 heterocycles. The van der Waals surface area contributed by atoms with E-state index in [4.69, 9.17) is 9.15 Å². The van der Waals surface area contributed by atoms with Gasteiger partial charge in [0.1, 0.15) is 17.1 Å². The number of rotatable bonds is 7. The SMILES string of the molecule is Cn1nnc(-c2ccc(O[C@H]3CCC[C@H](C(=O)O)C3)cc2)c1-c1cn(Cc2ccccc2)c(=O)o1. The Kier molecular flexibility index (Phi) is 6.22. The van der Waals surface area contributed by atoms with E-state index in [9.17, 15) is 14.7 Å². The van der Waals surface area contributed by atoms with Gasteiger partial charge in [-0.05, 0) is 55.5 Å². The molecule has 0 aliphatic heterocycles. The topological polar surface area (TPSA) is 112 Å². The predicted molar refractivity (Wildman–Crippen MR) is 128 cm³/mol. The fourth-order valence-corrected chi connectivity index (χ4v) is 4.56. The van der Waals surface area contributed by atoms with Crippen molar-refractivity contribution in [3.8, 4) is 28.5 Å². The summed E-state index contributed by atoms with van der Waals surface area (Å²) < 4.78 is 14.7. The van der Waals surface area contributed by atoms with Crippen molar-refractivity contribution >= 4 is 5.97 Å². The molecule has 0 saturated heterocycles. The molecule has 0 unspecified atom stereocenters. The average Bonchev–Trinajstić information content (AvgIpc) is 3.42. The lowest BCUT2D eigenvalue weighted by Crippen LogP contribution is -2.29. The third-order valence-corrected chi connectivity index (χ3v) is 6.37. The van der Waals surface area contributed by atoms with E-state index in [1.54, 1.807) is 17.9 Å². The normalized spacial score (nSPS) is 17.9. The number of carbonyl (C=O) groups is 1. The van der Waals surface area contributed by atoms with Crippen LogP contribution in [-0.2, 0) is 18.4 Å². The van der Waals surface area contributed by atoms with E-state index in [1.165, 1.54) is 4.57 Å². The minimum absolute atomic E-state index is 0.110. The van der Waals surface area contributed by atoms with Gasteiger partial charge in [-0.15, -0.1) is 5.10 Å². The molecule has 180 valence electrons. The molecule has 35 heavy (non-hydrogen) atoms. The Morgan fingerprint density at radius 1 is 1.14 bits per heavy atom. The standard InChI is InChI=1S/C26H26N4O5/c1-29-24(22-16-30(26(33)35-22)15-17-6-3-2-4-7-17)23(27-28-29)18-10-12-20(13-11-18)34-21-9-5-8-19(14-21)25(31)32/h2-4,6-7,10-13,16,19,21H,5,8-9,14-15H2,1H3,(H,31,32)/t19-,21-/m0/s1. The molecule has 2 atom stereocenters. The van der Waals surface area contributed by atoms with E-state index < -0.39 is 11.7 Å². The number of aromatic nitrogens is 4. The number of hydrogen-bond donors (Lipinski definition) is 1. The van der Waals surface area contributed by atoms with Crippen molar-refractivity contribution in [1.29, 1.82) is 0 Å². The summed E-state index contributed by atoms with van der Waals surface area (Å²) in [7, 11) is 1.75. The van der Waals surface area contributed by atoms with Crippen molar-refractivity contribution in [3.05, 3.63) is 76.9 Å². The van der Waals surface area contributed by atoms with Crippen molar-refractivity contribution in [2.75, 3.05) is 0 Å². The van der Waals surface area contributed by atoms with Crippen LogP contribution in [0.25, 0.3) is 22.7 Å². The van der Waals surface area contributed by atoms with Crippen LogP contribution in [0, 0.1) is 5.92 Å². The monoisotopic (exact) mass is 474 g/mol. The number of ether oxygens (including phenoxy) is 1. The second kappa shape index (κ2) is 9.61. The highest BCUT2D eigenvalue weighted by Crippen LogP contribution is 2.32. The summed E-state index contributed by atoms with van der Waals surface area (Å²) >= 11 is 0. The van der Waals surface area contributed by atoms with Crippen LogP contribution >= 0.6 is 0 Å². The molecule has 2 aromatic carbocycles. The van der Waals surface area contributed by atoms with Gasteiger partial charge in [0.15, 0.2) is 5.76 Å². The van der Waals surface area contributed by atoms with E-state index in [2.05, 4.69) is 10.3 Å². The quantitative estimate of drug-likeness (QED) is 0.431. The predicted octanol–water partition coefficient (Wildman–Crippen LogP) is 3.97. The average molecular weight is 475 g/mol. The molecule has 4 aromatic rings. The molecule has 0 bridgehead atoms. The molecule has 9 nitrogen and oxygen atoms in total. The number of aryl methyl sites for hydroxylation is 1. The molecule has 0 amide bonds. The molecule has 1 aliphatic rings. The van der Waals surface area contributed by atoms with Gasteiger partial charge >= 0.3 is 11.7 Å². The first-order chi connectivity index (χ1) is 17.0. The van der Waals surface area contributed by atoms with Crippen LogP contribution in [0.3, 0.4) is 0 Å². The van der Waals surface area contributed by atoms with Crippen molar-refractivity contribution < 1.29 is 19.1 Å². The number of benzene rings is 2. The van der Waals surface area contributed by atoms with Crippen LogP contribution in [-0.4, -0.2) is 36.7 Å². The molecular weight excluding hydrogens is 448 g/mol. The number of nitrogens with zero attached hydrogens (tertiary/aromatic N) is 4. The molecule has 1 aliphatic carbocycles. The lowest BCUT2D eigenvalue weighted by molar-refractivity contribution is -0.143. The van der Waals surface area contributed by atoms with Crippen LogP contribution < -0.4 is 10.5 Å². The maximum atomic E-state index is 12.5. The van der Waals surface area contributed by atoms with Crippen molar-refractivity contribution in [3.63, 3.8) is 0 Å². The van der Waals surface area contributed by atoms with Gasteiger partial charge in [-0.1, -0.05) is 35.5 Å². The summed E-state index contributed by atoms with van der Waals surface area (Å²) in [5.74, 6) is -0.495. The van der Waals surface area contributed by atoms with Crippen molar-refractivity contribution in [2.45, 2.75) is 38.3 Å². The van der Waals surface area contributed by atoms with E-state index in [0.29, 0.717) is 42.3 Å². The molecule has 1 saturated carbocycles. The molecule has 0 spiro atoms. The summed E-state index contributed by atoms with van der Waals surface area (Å²) in [5, 5.41) is 17.7. The molecule has 0 radical (unpaired) electrons. The van der Waals surface area contributed by atoms with Crippen LogP contribution in [0.5, 0.6) is 5.75 Å². The zero-order valence-corrected chi connectivity index (χ0v) is 19.3. The molecule has 1 N–H and O–H groups in total. The van der Waals surface area contributed by atoms with Crippen LogP contribution in [0.4, 0.5) is 0 Å². The Balaban J connectivity index is 1.36. The summed E-state index contributed by atoms with van der Waals surface area (Å²) in [6.45, 7) is 0.403. The fourth-order valence-electron chi connectivity index (χ4n) is 4.56. The number of oxazole rings is 1. The maximum Gasteiger partial charge on any atom is 0.419 e. The summed E-state index contributed by atoms with van der Waals surface area (Å²) in [6.07, 6.45) is 4.48. The highest BCUT2D eigenvalue weighted by molar-refractivity contribution is 5.75. The zero-order chi connectivity index (χ0) is 24.4. The smallest absolute Gasteiger partial charge is 0.419 e. The molecule has 5 rings (SSSR count). The fraction of sp³-hybridized carbons (Fsp3) is 0.308. The minimum atomic E-state index is -0.756. The molecule has 9 heteroatoms. The Morgan fingerprint density at radius 2 is 1.91 bits per heavy atom. The number of hydrogen-bond acceptors (Lipinski definition) is 6. The second-order valence-corrected chi connectivity index (χ2v) is 8.85. The van der Waals surface area contributed by atoms with Crippen LogP contribution in [0.1, 0.15) is 31.2 Å². The van der Waals surface area contributed by atoms with Gasteiger partial charge in [0.25, 0.3) is 0 Å². The Bertz CT molecular complexity index is 1370. The lowest BCUT2D eigenvalue weighted by Gasteiger charge is -2.27. The van der Waals surface area contributed by atoms with Crippen molar-refractivity contribution in [2.24, 2.45) is 13.0 Å². The first kappa shape index (κ1) is 22.6. The van der Waals surface area contributed by atoms with Gasteiger partial charge in [0.05, 0.1) is 24.8 Å². The highest BCUT2D eigenvalue weighted by Gasteiger charge is 2.28. The Hall–Kier alpha value is -4.14. The van der Waals surface area contributed by atoms with Gasteiger partial charge < -0.3 is 14.3 Å². The second-order valence-electron chi connectivity index (χ2n) is 8.85. The van der Waals surface area contributed by atoms with Gasteiger partial charge in [0, 0.05) is 12.6 Å². The van der Waals surface area contributed by atoms with Gasteiger partial charge in [0.2, 0.25) is 0 Å². The van der Waals surface area contributed by atoms with E-state index in [-0.39, 0.29) is 12.0 Å². The zero-order valence-electron chi connectivity index (χ0n) is 19.3. The van der Waals surface area contributed by atoms with E-state index >= 15 is 0 Å². The van der Waals surface area contributed by atoms with Crippen molar-refractivity contribution in [1.82, 2.24) is 19.6 Å². The highest BCUT2D eigenvalue weighted by atomic mass is 16.5. The number of carboxylic acid groups (broad SMARTS) is 1. The van der Waals surface area contributed by atoms with Crippen LogP contribution in [0.15, 0.2) is 70.0 Å². The Morgan fingerprint density at radius 3 is 2.66 bits per heavy atom. The largest absolute Gasteiger partial charge is 0.490 e. The third kappa shape index (κ3) is 4.89. The molecular formula is C26H26N4O5.